The van der Waals surface area contributed by atoms with E-state index < -0.39 is 0 Å². The summed E-state index contributed by atoms with van der Waals surface area (Å²) in [6, 6.07) is 3.91. The highest BCUT2D eigenvalue weighted by Gasteiger charge is 2.28. The lowest BCUT2D eigenvalue weighted by Gasteiger charge is -2.41. The van der Waals surface area contributed by atoms with Crippen molar-refractivity contribution >= 4 is 0 Å². The molecule has 0 spiro atoms. The molecule has 1 aromatic heterocycles. The van der Waals surface area contributed by atoms with Crippen LogP contribution in [0.4, 0.5) is 0 Å². The summed E-state index contributed by atoms with van der Waals surface area (Å²) in [5.41, 5.74) is 1.19. The number of rotatable bonds is 3. The van der Waals surface area contributed by atoms with Crippen LogP contribution in [-0.2, 0) is 4.74 Å². The highest BCUT2D eigenvalue weighted by Crippen LogP contribution is 2.18. The van der Waals surface area contributed by atoms with Gasteiger partial charge < -0.3 is 9.47 Å². The predicted molar refractivity (Wildman–Crippen MR) is 75.5 cm³/mol. The summed E-state index contributed by atoms with van der Waals surface area (Å²) < 4.78 is 11.5. The lowest BCUT2D eigenvalue weighted by atomic mass is 10.0. The number of nitrogens with zero attached hydrogens (tertiary/aromatic N) is 2. The number of ether oxygens (including phenoxy) is 2. The quantitative estimate of drug-likeness (QED) is 0.839. The fourth-order valence-corrected chi connectivity index (χ4v) is 2.16. The second-order valence-corrected chi connectivity index (χ2v) is 6.06. The molecule has 0 N–H and O–H groups in total. The second-order valence-electron chi connectivity index (χ2n) is 6.06. The summed E-state index contributed by atoms with van der Waals surface area (Å²) in [6.45, 7) is 11.9. The van der Waals surface area contributed by atoms with Crippen molar-refractivity contribution in [2.45, 2.75) is 39.3 Å². The van der Waals surface area contributed by atoms with E-state index in [1.807, 2.05) is 19.1 Å². The van der Waals surface area contributed by atoms with Crippen LogP contribution in [0.3, 0.4) is 0 Å². The van der Waals surface area contributed by atoms with Gasteiger partial charge in [-0.1, -0.05) is 0 Å². The molecule has 0 aliphatic carbocycles. The van der Waals surface area contributed by atoms with Crippen molar-refractivity contribution in [2.75, 3.05) is 26.3 Å². The van der Waals surface area contributed by atoms with Crippen molar-refractivity contribution < 1.29 is 9.47 Å². The minimum absolute atomic E-state index is 0.134. The van der Waals surface area contributed by atoms with E-state index >= 15 is 0 Å². The van der Waals surface area contributed by atoms with Gasteiger partial charge in [-0.3, -0.25) is 9.88 Å². The van der Waals surface area contributed by atoms with Crippen LogP contribution in [0, 0.1) is 6.92 Å². The lowest BCUT2D eigenvalue weighted by molar-refractivity contribution is -0.0729. The van der Waals surface area contributed by atoms with E-state index in [4.69, 9.17) is 9.47 Å². The monoisotopic (exact) mass is 264 g/mol. The van der Waals surface area contributed by atoms with Gasteiger partial charge in [-0.05, 0) is 39.8 Å². The van der Waals surface area contributed by atoms with Crippen molar-refractivity contribution in [3.05, 3.63) is 24.0 Å². The minimum atomic E-state index is 0.134. The Morgan fingerprint density at radius 2 is 2.21 bits per heavy atom. The number of morpholine rings is 1. The maximum Gasteiger partial charge on any atom is 0.137 e. The van der Waals surface area contributed by atoms with Gasteiger partial charge in [0.2, 0.25) is 0 Å². The Bertz CT molecular complexity index is 398. The molecular formula is C15H24N2O2. The van der Waals surface area contributed by atoms with Gasteiger partial charge in [0, 0.05) is 24.3 Å². The van der Waals surface area contributed by atoms with Gasteiger partial charge in [0.05, 0.1) is 12.8 Å². The number of aryl methyl sites for hydroxylation is 1. The Labute approximate surface area is 115 Å². The summed E-state index contributed by atoms with van der Waals surface area (Å²) >= 11 is 0. The van der Waals surface area contributed by atoms with Gasteiger partial charge in [-0.15, -0.1) is 0 Å². The molecular weight excluding hydrogens is 240 g/mol. The standard InChI is InChI=1S/C15H24N2O2/c1-12-5-6-13(9-16-12)19-11-14-10-17(7-8-18-14)15(2,3)4/h5-6,9,14H,7-8,10-11H2,1-4H3. The molecule has 0 saturated carbocycles. The summed E-state index contributed by atoms with van der Waals surface area (Å²) in [4.78, 5) is 6.66. The number of hydrogen-bond acceptors (Lipinski definition) is 4. The molecule has 0 radical (unpaired) electrons. The molecule has 1 aliphatic heterocycles. The fourth-order valence-electron chi connectivity index (χ4n) is 2.16. The second kappa shape index (κ2) is 5.88. The molecule has 1 aliphatic rings. The van der Waals surface area contributed by atoms with E-state index in [0.717, 1.165) is 31.1 Å². The average Bonchev–Trinajstić information content (AvgIpc) is 2.37. The van der Waals surface area contributed by atoms with Crippen LogP contribution in [0.15, 0.2) is 18.3 Å². The molecule has 1 atom stereocenters. The molecule has 1 aromatic rings. The lowest BCUT2D eigenvalue weighted by Crippen LogP contribution is -2.52. The van der Waals surface area contributed by atoms with Crippen molar-refractivity contribution in [1.82, 2.24) is 9.88 Å². The van der Waals surface area contributed by atoms with Crippen molar-refractivity contribution in [2.24, 2.45) is 0 Å². The van der Waals surface area contributed by atoms with Crippen LogP contribution < -0.4 is 4.74 Å². The largest absolute Gasteiger partial charge is 0.489 e. The minimum Gasteiger partial charge on any atom is -0.489 e. The van der Waals surface area contributed by atoms with Crippen LogP contribution in [0.1, 0.15) is 26.5 Å². The zero-order valence-corrected chi connectivity index (χ0v) is 12.3. The first-order valence-electron chi connectivity index (χ1n) is 6.87. The smallest absolute Gasteiger partial charge is 0.137 e. The van der Waals surface area contributed by atoms with Gasteiger partial charge >= 0.3 is 0 Å². The predicted octanol–water partition coefficient (Wildman–Crippen LogP) is 2.27. The summed E-state index contributed by atoms with van der Waals surface area (Å²) in [5.74, 6) is 0.807. The van der Waals surface area contributed by atoms with E-state index in [9.17, 15) is 0 Å². The van der Waals surface area contributed by atoms with Gasteiger partial charge in [0.15, 0.2) is 0 Å². The van der Waals surface area contributed by atoms with Crippen LogP contribution in [0.2, 0.25) is 0 Å². The molecule has 0 amide bonds. The summed E-state index contributed by atoms with van der Waals surface area (Å²) in [6.07, 6.45) is 1.90. The summed E-state index contributed by atoms with van der Waals surface area (Å²) in [7, 11) is 0. The molecule has 4 heteroatoms. The average molecular weight is 264 g/mol. The zero-order chi connectivity index (χ0) is 13.9. The Morgan fingerprint density at radius 1 is 1.42 bits per heavy atom. The molecule has 19 heavy (non-hydrogen) atoms. The molecule has 1 saturated heterocycles. The molecule has 1 unspecified atom stereocenters. The van der Waals surface area contributed by atoms with E-state index in [2.05, 4.69) is 30.7 Å². The first kappa shape index (κ1) is 14.3. The fraction of sp³-hybridized carbons (Fsp3) is 0.667. The topological polar surface area (TPSA) is 34.6 Å². The van der Waals surface area contributed by atoms with Gasteiger partial charge in [0.25, 0.3) is 0 Å². The van der Waals surface area contributed by atoms with Crippen LogP contribution >= 0.6 is 0 Å². The van der Waals surface area contributed by atoms with Crippen LogP contribution in [0.25, 0.3) is 0 Å². The maximum absolute atomic E-state index is 5.76. The number of aromatic nitrogens is 1. The van der Waals surface area contributed by atoms with Crippen LogP contribution in [-0.4, -0.2) is 47.8 Å². The summed E-state index contributed by atoms with van der Waals surface area (Å²) in [5, 5.41) is 0. The van der Waals surface area contributed by atoms with E-state index in [0.29, 0.717) is 6.61 Å². The molecule has 106 valence electrons. The highest BCUT2D eigenvalue weighted by molar-refractivity contribution is 5.19. The van der Waals surface area contributed by atoms with E-state index in [1.54, 1.807) is 6.20 Å². The Hall–Kier alpha value is -1.13. The van der Waals surface area contributed by atoms with Crippen molar-refractivity contribution in [3.63, 3.8) is 0 Å². The Morgan fingerprint density at radius 3 is 2.84 bits per heavy atom. The molecule has 4 nitrogen and oxygen atoms in total. The first-order valence-corrected chi connectivity index (χ1v) is 6.87. The molecule has 0 aromatic carbocycles. The van der Waals surface area contributed by atoms with Gasteiger partial charge in [-0.2, -0.15) is 0 Å². The third kappa shape index (κ3) is 4.18. The highest BCUT2D eigenvalue weighted by atomic mass is 16.5. The third-order valence-electron chi connectivity index (χ3n) is 3.41. The van der Waals surface area contributed by atoms with Gasteiger partial charge in [0.1, 0.15) is 18.5 Å². The SMILES string of the molecule is Cc1ccc(OCC2CN(C(C)(C)C)CCO2)cn1. The Kier molecular flexibility index (Phi) is 4.42. The Balaban J connectivity index is 1.84. The maximum atomic E-state index is 5.76. The van der Waals surface area contributed by atoms with E-state index in [1.165, 1.54) is 0 Å². The number of hydrogen-bond donors (Lipinski definition) is 0. The molecule has 2 rings (SSSR count). The number of pyridine rings is 1. The van der Waals surface area contributed by atoms with Gasteiger partial charge in [-0.25, -0.2) is 0 Å². The normalized spacial score (nSPS) is 21.4. The first-order chi connectivity index (χ1) is 8.95. The zero-order valence-electron chi connectivity index (χ0n) is 12.3. The molecule has 0 bridgehead atoms. The van der Waals surface area contributed by atoms with Crippen molar-refractivity contribution in [1.29, 1.82) is 0 Å². The van der Waals surface area contributed by atoms with Crippen molar-refractivity contribution in [3.8, 4) is 5.75 Å². The third-order valence-corrected chi connectivity index (χ3v) is 3.41. The van der Waals surface area contributed by atoms with Crippen LogP contribution in [0.5, 0.6) is 5.75 Å². The molecule has 1 fully saturated rings. The van der Waals surface area contributed by atoms with E-state index in [-0.39, 0.29) is 11.6 Å². The molecule has 2 heterocycles.